The number of benzene rings is 2. The van der Waals surface area contributed by atoms with E-state index < -0.39 is 0 Å². The van der Waals surface area contributed by atoms with Crippen LogP contribution < -0.4 is 10.5 Å². The summed E-state index contributed by atoms with van der Waals surface area (Å²) >= 11 is 0. The standard InChI is InChI=1S/C17H19NO2/c1-3-14-9-17(16(18)10-15(14)12(2)19)20-11-13-7-5-4-6-8-13/h4-10H,3,11,18H2,1-2H3. The lowest BCUT2D eigenvalue weighted by atomic mass is 10.0. The molecule has 0 fully saturated rings. The quantitative estimate of drug-likeness (QED) is 0.666. The van der Waals surface area contributed by atoms with Gasteiger partial charge in [-0.3, -0.25) is 4.79 Å². The number of nitrogens with two attached hydrogens (primary N) is 1. The highest BCUT2D eigenvalue weighted by atomic mass is 16.5. The Hall–Kier alpha value is -2.29. The van der Waals surface area contributed by atoms with Crippen molar-refractivity contribution in [1.29, 1.82) is 0 Å². The molecule has 104 valence electrons. The first-order valence-electron chi connectivity index (χ1n) is 6.72. The van der Waals surface area contributed by atoms with Crippen LogP contribution in [0.5, 0.6) is 5.75 Å². The van der Waals surface area contributed by atoms with E-state index in [1.165, 1.54) is 0 Å². The molecule has 0 atom stereocenters. The molecular formula is C17H19NO2. The van der Waals surface area contributed by atoms with E-state index in [0.717, 1.165) is 17.5 Å². The Morgan fingerprint density at radius 2 is 1.90 bits per heavy atom. The van der Waals surface area contributed by atoms with Crippen molar-refractivity contribution in [3.05, 3.63) is 59.2 Å². The number of carbonyl (C=O) groups is 1. The molecule has 0 bridgehead atoms. The highest BCUT2D eigenvalue weighted by Crippen LogP contribution is 2.27. The highest BCUT2D eigenvalue weighted by molar-refractivity contribution is 5.97. The summed E-state index contributed by atoms with van der Waals surface area (Å²) in [6, 6.07) is 13.5. The van der Waals surface area contributed by atoms with Gasteiger partial charge in [-0.05, 0) is 36.6 Å². The molecule has 0 saturated carbocycles. The van der Waals surface area contributed by atoms with Gasteiger partial charge >= 0.3 is 0 Å². The van der Waals surface area contributed by atoms with Crippen LogP contribution in [0.1, 0.15) is 35.3 Å². The fraction of sp³-hybridized carbons (Fsp3) is 0.235. The van der Waals surface area contributed by atoms with Gasteiger partial charge in [-0.2, -0.15) is 0 Å². The summed E-state index contributed by atoms with van der Waals surface area (Å²) in [7, 11) is 0. The second-order valence-electron chi connectivity index (χ2n) is 4.73. The monoisotopic (exact) mass is 269 g/mol. The Morgan fingerprint density at radius 1 is 1.20 bits per heavy atom. The Labute approximate surface area is 119 Å². The van der Waals surface area contributed by atoms with Crippen LogP contribution in [0.15, 0.2) is 42.5 Å². The summed E-state index contributed by atoms with van der Waals surface area (Å²) in [4.78, 5) is 11.6. The maximum Gasteiger partial charge on any atom is 0.160 e. The molecule has 20 heavy (non-hydrogen) atoms. The zero-order chi connectivity index (χ0) is 14.5. The summed E-state index contributed by atoms with van der Waals surface area (Å²) < 4.78 is 5.76. The number of carbonyl (C=O) groups excluding carboxylic acids is 1. The van der Waals surface area contributed by atoms with Crippen molar-refractivity contribution in [3.63, 3.8) is 0 Å². The molecule has 0 heterocycles. The summed E-state index contributed by atoms with van der Waals surface area (Å²) in [6.45, 7) is 4.03. The fourth-order valence-corrected chi connectivity index (χ4v) is 2.12. The highest BCUT2D eigenvalue weighted by Gasteiger charge is 2.11. The van der Waals surface area contributed by atoms with Crippen molar-refractivity contribution in [2.24, 2.45) is 0 Å². The molecule has 0 saturated heterocycles. The van der Waals surface area contributed by atoms with Gasteiger partial charge in [0, 0.05) is 5.56 Å². The number of Topliss-reactive ketones (excluding diaryl/α,β-unsaturated/α-hetero) is 1. The Balaban J connectivity index is 2.22. The number of ketones is 1. The van der Waals surface area contributed by atoms with Crippen LogP contribution in [0, 0.1) is 0 Å². The minimum absolute atomic E-state index is 0.0307. The number of anilines is 1. The minimum atomic E-state index is 0.0307. The molecule has 2 N–H and O–H groups in total. The molecule has 0 unspecified atom stereocenters. The molecule has 2 aromatic carbocycles. The van der Waals surface area contributed by atoms with Gasteiger partial charge in [0.05, 0.1) is 5.69 Å². The molecule has 0 aromatic heterocycles. The maximum atomic E-state index is 11.6. The molecule has 3 heteroatoms. The van der Waals surface area contributed by atoms with E-state index in [4.69, 9.17) is 10.5 Å². The number of ether oxygens (including phenoxy) is 1. The zero-order valence-electron chi connectivity index (χ0n) is 11.8. The molecule has 0 spiro atoms. The summed E-state index contributed by atoms with van der Waals surface area (Å²) in [5.41, 5.74) is 9.20. The SMILES string of the molecule is CCc1cc(OCc2ccccc2)c(N)cc1C(C)=O. The van der Waals surface area contributed by atoms with Crippen molar-refractivity contribution in [2.75, 3.05) is 5.73 Å². The molecule has 2 aromatic rings. The van der Waals surface area contributed by atoms with Crippen molar-refractivity contribution in [2.45, 2.75) is 26.9 Å². The van der Waals surface area contributed by atoms with Gasteiger partial charge in [0.15, 0.2) is 5.78 Å². The van der Waals surface area contributed by atoms with Crippen molar-refractivity contribution in [3.8, 4) is 5.75 Å². The lowest BCUT2D eigenvalue weighted by Crippen LogP contribution is -2.04. The normalized spacial score (nSPS) is 10.3. The third kappa shape index (κ3) is 3.18. The second-order valence-corrected chi connectivity index (χ2v) is 4.73. The van der Waals surface area contributed by atoms with E-state index in [0.29, 0.717) is 23.6 Å². The average molecular weight is 269 g/mol. The number of hydrogen-bond acceptors (Lipinski definition) is 3. The van der Waals surface area contributed by atoms with Crippen molar-refractivity contribution in [1.82, 2.24) is 0 Å². The van der Waals surface area contributed by atoms with E-state index in [2.05, 4.69) is 0 Å². The molecule has 0 aliphatic carbocycles. The summed E-state index contributed by atoms with van der Waals surface area (Å²) in [6.07, 6.45) is 0.775. The maximum absolute atomic E-state index is 11.6. The second kappa shape index (κ2) is 6.24. The van der Waals surface area contributed by atoms with Crippen LogP contribution in [-0.4, -0.2) is 5.78 Å². The Bertz CT molecular complexity index is 606. The first-order valence-corrected chi connectivity index (χ1v) is 6.72. The fourth-order valence-electron chi connectivity index (χ4n) is 2.12. The van der Waals surface area contributed by atoms with Gasteiger partial charge in [0.2, 0.25) is 0 Å². The van der Waals surface area contributed by atoms with Crippen LogP contribution in [-0.2, 0) is 13.0 Å². The Morgan fingerprint density at radius 3 is 2.50 bits per heavy atom. The topological polar surface area (TPSA) is 52.3 Å². The molecule has 0 radical (unpaired) electrons. The van der Waals surface area contributed by atoms with Crippen LogP contribution in [0.25, 0.3) is 0 Å². The van der Waals surface area contributed by atoms with E-state index in [-0.39, 0.29) is 5.78 Å². The smallest absolute Gasteiger partial charge is 0.160 e. The van der Waals surface area contributed by atoms with E-state index in [1.807, 2.05) is 43.3 Å². The van der Waals surface area contributed by atoms with Crippen LogP contribution in [0.3, 0.4) is 0 Å². The number of hydrogen-bond donors (Lipinski definition) is 1. The number of rotatable bonds is 5. The first kappa shape index (κ1) is 14.1. The summed E-state index contributed by atoms with van der Waals surface area (Å²) in [5.74, 6) is 0.666. The molecule has 3 nitrogen and oxygen atoms in total. The molecule has 0 aliphatic rings. The lowest BCUT2D eigenvalue weighted by molar-refractivity contribution is 0.101. The summed E-state index contributed by atoms with van der Waals surface area (Å²) in [5, 5.41) is 0. The van der Waals surface area contributed by atoms with Gasteiger partial charge in [-0.1, -0.05) is 37.3 Å². The van der Waals surface area contributed by atoms with Crippen LogP contribution >= 0.6 is 0 Å². The van der Waals surface area contributed by atoms with Gasteiger partial charge in [0.25, 0.3) is 0 Å². The van der Waals surface area contributed by atoms with E-state index in [1.54, 1.807) is 13.0 Å². The zero-order valence-corrected chi connectivity index (χ0v) is 11.8. The molecular weight excluding hydrogens is 250 g/mol. The van der Waals surface area contributed by atoms with Crippen LogP contribution in [0.2, 0.25) is 0 Å². The van der Waals surface area contributed by atoms with Gasteiger partial charge in [-0.25, -0.2) is 0 Å². The predicted molar refractivity (Wildman–Crippen MR) is 81.0 cm³/mol. The lowest BCUT2D eigenvalue weighted by Gasteiger charge is -2.13. The van der Waals surface area contributed by atoms with Crippen molar-refractivity contribution >= 4 is 11.5 Å². The predicted octanol–water partition coefficient (Wildman–Crippen LogP) is 3.61. The van der Waals surface area contributed by atoms with Gasteiger partial charge in [0.1, 0.15) is 12.4 Å². The number of nitrogen functional groups attached to an aromatic ring is 1. The third-order valence-electron chi connectivity index (χ3n) is 3.23. The van der Waals surface area contributed by atoms with Crippen molar-refractivity contribution < 1.29 is 9.53 Å². The average Bonchev–Trinajstić information content (AvgIpc) is 2.46. The van der Waals surface area contributed by atoms with Crippen LogP contribution in [0.4, 0.5) is 5.69 Å². The van der Waals surface area contributed by atoms with Gasteiger partial charge in [-0.15, -0.1) is 0 Å². The van der Waals surface area contributed by atoms with E-state index >= 15 is 0 Å². The number of aryl methyl sites for hydroxylation is 1. The minimum Gasteiger partial charge on any atom is -0.487 e. The first-order chi connectivity index (χ1) is 9.61. The largest absolute Gasteiger partial charge is 0.487 e. The Kier molecular flexibility index (Phi) is 4.41. The molecule has 0 aliphatic heterocycles. The van der Waals surface area contributed by atoms with E-state index in [9.17, 15) is 4.79 Å². The van der Waals surface area contributed by atoms with Gasteiger partial charge < -0.3 is 10.5 Å². The molecule has 0 amide bonds. The molecule has 2 rings (SSSR count). The third-order valence-corrected chi connectivity index (χ3v) is 3.23.